The van der Waals surface area contributed by atoms with Crippen molar-refractivity contribution in [1.82, 2.24) is 20.0 Å². The second-order valence-corrected chi connectivity index (χ2v) is 6.85. The Balaban J connectivity index is 1.53. The topological polar surface area (TPSA) is 72.5 Å². The van der Waals surface area contributed by atoms with E-state index in [2.05, 4.69) is 15.3 Å². The van der Waals surface area contributed by atoms with Gasteiger partial charge in [-0.05, 0) is 31.2 Å². The third-order valence-electron chi connectivity index (χ3n) is 4.81. The van der Waals surface area contributed by atoms with Gasteiger partial charge in [0, 0.05) is 32.2 Å². The van der Waals surface area contributed by atoms with Gasteiger partial charge in [0.2, 0.25) is 0 Å². The molecular formula is C21H24N4O3. The first kappa shape index (κ1) is 18.5. The first-order chi connectivity index (χ1) is 13.7. The fraction of sp³-hybridized carbons (Fsp3) is 0.333. The van der Waals surface area contributed by atoms with Crippen LogP contribution in [0.4, 0.5) is 0 Å². The lowest BCUT2D eigenvalue weighted by molar-refractivity contribution is 0.0383. The van der Waals surface area contributed by atoms with E-state index in [1.54, 1.807) is 17.0 Å². The summed E-state index contributed by atoms with van der Waals surface area (Å²) in [7, 11) is 0. The zero-order chi connectivity index (χ0) is 19.3. The van der Waals surface area contributed by atoms with E-state index in [9.17, 15) is 4.79 Å². The summed E-state index contributed by atoms with van der Waals surface area (Å²) < 4.78 is 12.5. The predicted octanol–water partition coefficient (Wildman–Crippen LogP) is 2.50. The van der Waals surface area contributed by atoms with Crippen molar-refractivity contribution in [2.24, 2.45) is 0 Å². The van der Waals surface area contributed by atoms with E-state index in [4.69, 9.17) is 9.15 Å². The number of nitrogens with one attached hydrogen (secondary N) is 1. The average molecular weight is 380 g/mol. The first-order valence-corrected chi connectivity index (χ1v) is 9.50. The van der Waals surface area contributed by atoms with Gasteiger partial charge >= 0.3 is 0 Å². The molecule has 0 aliphatic carbocycles. The van der Waals surface area contributed by atoms with Crippen molar-refractivity contribution in [3.8, 4) is 17.1 Å². The molecule has 1 saturated heterocycles. The number of carbonyl (C=O) groups excluding carboxylic acids is 1. The highest BCUT2D eigenvalue weighted by Gasteiger charge is 2.19. The lowest BCUT2D eigenvalue weighted by atomic mass is 10.2. The largest absolute Gasteiger partial charge is 0.463 e. The van der Waals surface area contributed by atoms with Crippen molar-refractivity contribution < 1.29 is 13.9 Å². The summed E-state index contributed by atoms with van der Waals surface area (Å²) in [6.07, 6.45) is 1.60. The number of amides is 1. The van der Waals surface area contributed by atoms with Crippen LogP contribution in [0.25, 0.3) is 17.1 Å². The Morgan fingerprint density at radius 1 is 1.18 bits per heavy atom. The van der Waals surface area contributed by atoms with Crippen LogP contribution < -0.4 is 5.32 Å². The van der Waals surface area contributed by atoms with Gasteiger partial charge in [-0.1, -0.05) is 17.7 Å². The van der Waals surface area contributed by atoms with Crippen molar-refractivity contribution in [3.05, 3.63) is 60.0 Å². The summed E-state index contributed by atoms with van der Waals surface area (Å²) in [5.74, 6) is 0.479. The number of carbonyl (C=O) groups is 1. The summed E-state index contributed by atoms with van der Waals surface area (Å²) >= 11 is 0. The molecule has 146 valence electrons. The minimum absolute atomic E-state index is 0.154. The predicted molar refractivity (Wildman–Crippen MR) is 106 cm³/mol. The molecule has 0 saturated carbocycles. The molecule has 0 bridgehead atoms. The van der Waals surface area contributed by atoms with Gasteiger partial charge < -0.3 is 14.5 Å². The number of aryl methyl sites for hydroxylation is 1. The number of morpholine rings is 1. The van der Waals surface area contributed by atoms with Gasteiger partial charge in [-0.25, -0.2) is 4.68 Å². The van der Waals surface area contributed by atoms with Crippen LogP contribution in [0.1, 0.15) is 16.1 Å². The molecule has 1 aromatic carbocycles. The normalized spacial score (nSPS) is 14.9. The van der Waals surface area contributed by atoms with E-state index in [1.165, 1.54) is 0 Å². The molecule has 1 amide bonds. The molecule has 1 fully saturated rings. The molecule has 4 rings (SSSR count). The molecule has 0 radical (unpaired) electrons. The van der Waals surface area contributed by atoms with Crippen molar-refractivity contribution >= 4 is 5.91 Å². The summed E-state index contributed by atoms with van der Waals surface area (Å²) in [5, 5.41) is 7.62. The number of ether oxygens (including phenoxy) is 1. The van der Waals surface area contributed by atoms with Gasteiger partial charge in [-0.3, -0.25) is 9.69 Å². The zero-order valence-corrected chi connectivity index (χ0v) is 15.9. The van der Waals surface area contributed by atoms with E-state index >= 15 is 0 Å². The number of furan rings is 1. The Bertz CT molecular complexity index is 910. The lowest BCUT2D eigenvalue weighted by Crippen LogP contribution is -2.41. The maximum atomic E-state index is 12.9. The molecule has 3 heterocycles. The van der Waals surface area contributed by atoms with Gasteiger partial charge in [-0.2, -0.15) is 5.10 Å². The molecular weight excluding hydrogens is 356 g/mol. The van der Waals surface area contributed by atoms with Crippen LogP contribution in [-0.2, 0) is 4.74 Å². The highest BCUT2D eigenvalue weighted by Crippen LogP contribution is 2.22. The molecule has 0 spiro atoms. The fourth-order valence-electron chi connectivity index (χ4n) is 3.21. The summed E-state index contributed by atoms with van der Waals surface area (Å²) in [4.78, 5) is 15.2. The van der Waals surface area contributed by atoms with Gasteiger partial charge in [0.25, 0.3) is 5.91 Å². The van der Waals surface area contributed by atoms with Crippen molar-refractivity contribution in [1.29, 1.82) is 0 Å². The molecule has 1 aliphatic rings. The molecule has 7 nitrogen and oxygen atoms in total. The van der Waals surface area contributed by atoms with Gasteiger partial charge in [-0.15, -0.1) is 0 Å². The first-order valence-electron chi connectivity index (χ1n) is 9.50. The van der Waals surface area contributed by atoms with Crippen molar-refractivity contribution in [2.45, 2.75) is 6.92 Å². The second-order valence-electron chi connectivity index (χ2n) is 6.85. The molecule has 7 heteroatoms. The van der Waals surface area contributed by atoms with E-state index in [-0.39, 0.29) is 5.91 Å². The fourth-order valence-corrected chi connectivity index (χ4v) is 3.21. The Morgan fingerprint density at radius 2 is 1.96 bits per heavy atom. The molecule has 1 N–H and O–H groups in total. The van der Waals surface area contributed by atoms with E-state index < -0.39 is 0 Å². The van der Waals surface area contributed by atoms with Crippen LogP contribution in [0.3, 0.4) is 0 Å². The molecule has 0 atom stereocenters. The number of aromatic nitrogens is 2. The maximum absolute atomic E-state index is 12.9. The van der Waals surface area contributed by atoms with Gasteiger partial charge in [0.05, 0.1) is 25.2 Å². The van der Waals surface area contributed by atoms with Gasteiger partial charge in [0.15, 0.2) is 5.76 Å². The number of nitrogens with zero attached hydrogens (tertiary/aromatic N) is 3. The van der Waals surface area contributed by atoms with Crippen LogP contribution in [0.2, 0.25) is 0 Å². The highest BCUT2D eigenvalue weighted by atomic mass is 16.5. The monoisotopic (exact) mass is 380 g/mol. The van der Waals surface area contributed by atoms with Crippen LogP contribution in [-0.4, -0.2) is 60.0 Å². The number of hydrogen-bond acceptors (Lipinski definition) is 5. The number of rotatable bonds is 6. The summed E-state index contributed by atoms with van der Waals surface area (Å²) in [6, 6.07) is 13.3. The smallest absolute Gasteiger partial charge is 0.270 e. The molecule has 1 aliphatic heterocycles. The van der Waals surface area contributed by atoms with E-state index in [0.29, 0.717) is 23.7 Å². The minimum Gasteiger partial charge on any atom is -0.463 e. The number of hydrogen-bond donors (Lipinski definition) is 1. The van der Waals surface area contributed by atoms with Crippen LogP contribution in [0.5, 0.6) is 0 Å². The third-order valence-corrected chi connectivity index (χ3v) is 4.81. The van der Waals surface area contributed by atoms with Crippen molar-refractivity contribution in [3.63, 3.8) is 0 Å². The van der Waals surface area contributed by atoms with E-state index in [0.717, 1.165) is 44.1 Å². The zero-order valence-electron chi connectivity index (χ0n) is 15.9. The lowest BCUT2D eigenvalue weighted by Gasteiger charge is -2.26. The van der Waals surface area contributed by atoms with Crippen LogP contribution in [0, 0.1) is 6.92 Å². The van der Waals surface area contributed by atoms with Crippen molar-refractivity contribution in [2.75, 3.05) is 39.4 Å². The Labute approximate surface area is 163 Å². The van der Waals surface area contributed by atoms with Crippen LogP contribution >= 0.6 is 0 Å². The maximum Gasteiger partial charge on any atom is 0.270 e. The molecule has 0 unspecified atom stereocenters. The third kappa shape index (κ3) is 4.16. The highest BCUT2D eigenvalue weighted by molar-refractivity contribution is 5.94. The van der Waals surface area contributed by atoms with E-state index in [1.807, 2.05) is 43.3 Å². The standard InChI is InChI=1S/C21H24N4O3/c1-16-4-6-17(7-5-16)25-19(15-18(23-25)20-3-2-12-28-20)21(26)22-8-9-24-10-13-27-14-11-24/h2-7,12,15H,8-11,13-14H2,1H3,(H,22,26). The average Bonchev–Trinajstić information content (AvgIpc) is 3.39. The number of benzene rings is 1. The Hall–Kier alpha value is -2.90. The SMILES string of the molecule is Cc1ccc(-n2nc(-c3ccco3)cc2C(=O)NCCN2CCOCC2)cc1. The Morgan fingerprint density at radius 3 is 2.68 bits per heavy atom. The molecule has 2 aromatic heterocycles. The molecule has 28 heavy (non-hydrogen) atoms. The van der Waals surface area contributed by atoms with Gasteiger partial charge in [0.1, 0.15) is 11.4 Å². The van der Waals surface area contributed by atoms with Crippen LogP contribution in [0.15, 0.2) is 53.1 Å². The second kappa shape index (κ2) is 8.41. The quantitative estimate of drug-likeness (QED) is 0.711. The summed E-state index contributed by atoms with van der Waals surface area (Å²) in [5.41, 5.74) is 3.10. The minimum atomic E-state index is -0.154. The Kier molecular flexibility index (Phi) is 5.55. The summed E-state index contributed by atoms with van der Waals surface area (Å²) in [6.45, 7) is 6.72. The molecule has 3 aromatic rings.